The Bertz CT molecular complexity index is 807. The van der Waals surface area contributed by atoms with Gasteiger partial charge >= 0.3 is 5.97 Å². The van der Waals surface area contributed by atoms with Crippen molar-refractivity contribution in [1.29, 1.82) is 0 Å². The first kappa shape index (κ1) is 18.4. The zero-order chi connectivity index (χ0) is 18.5. The maximum absolute atomic E-state index is 11.9. The van der Waals surface area contributed by atoms with Gasteiger partial charge in [0.05, 0.1) is 12.1 Å². The molecule has 0 saturated carbocycles. The van der Waals surface area contributed by atoms with Gasteiger partial charge < -0.3 is 19.5 Å². The molecule has 1 amide bonds. The summed E-state index contributed by atoms with van der Waals surface area (Å²) >= 11 is 11.7. The number of halogens is 2. The fraction of sp³-hybridized carbons (Fsp3) is 0.222. The molecule has 8 heteroatoms. The molecule has 0 radical (unpaired) electrons. The van der Waals surface area contributed by atoms with E-state index in [1.54, 1.807) is 6.07 Å². The topological polar surface area (TPSA) is 73.9 Å². The lowest BCUT2D eigenvalue weighted by molar-refractivity contribution is -0.124. The molecular formula is C18H15Cl2NO5. The van der Waals surface area contributed by atoms with Gasteiger partial charge in [0.25, 0.3) is 5.91 Å². The van der Waals surface area contributed by atoms with Crippen molar-refractivity contribution >= 4 is 35.1 Å². The molecule has 136 valence electrons. The van der Waals surface area contributed by atoms with Gasteiger partial charge in [-0.05, 0) is 30.3 Å². The number of rotatable bonds is 5. The lowest BCUT2D eigenvalue weighted by atomic mass is 10.2. The van der Waals surface area contributed by atoms with Crippen molar-refractivity contribution in [2.24, 2.45) is 0 Å². The normalized spacial score (nSPS) is 15.2. The van der Waals surface area contributed by atoms with Crippen LogP contribution in [0.5, 0.6) is 11.5 Å². The first-order valence-electron chi connectivity index (χ1n) is 7.79. The zero-order valence-corrected chi connectivity index (χ0v) is 15.0. The Labute approximate surface area is 159 Å². The molecule has 1 atom stereocenters. The fourth-order valence-corrected chi connectivity index (χ4v) is 2.85. The predicted molar refractivity (Wildman–Crippen MR) is 96.1 cm³/mol. The van der Waals surface area contributed by atoms with Gasteiger partial charge in [0.2, 0.25) is 0 Å². The SMILES string of the molecule is O=C(COC(=O)c1cc(Cl)cc(Cl)c1)NC[C@H]1COc2ccccc2O1. The van der Waals surface area contributed by atoms with Crippen molar-refractivity contribution in [2.45, 2.75) is 6.10 Å². The Kier molecular flexibility index (Phi) is 5.85. The summed E-state index contributed by atoms with van der Waals surface area (Å²) in [5, 5.41) is 3.26. The number of hydrogen-bond donors (Lipinski definition) is 1. The van der Waals surface area contributed by atoms with E-state index in [1.165, 1.54) is 18.2 Å². The van der Waals surface area contributed by atoms with E-state index in [0.29, 0.717) is 28.2 Å². The van der Waals surface area contributed by atoms with E-state index >= 15 is 0 Å². The Morgan fingerprint density at radius 2 is 1.81 bits per heavy atom. The number of ether oxygens (including phenoxy) is 3. The molecule has 0 unspecified atom stereocenters. The molecule has 1 aliphatic rings. The molecule has 6 nitrogen and oxygen atoms in total. The van der Waals surface area contributed by atoms with Crippen molar-refractivity contribution in [2.75, 3.05) is 19.8 Å². The maximum Gasteiger partial charge on any atom is 0.338 e. The zero-order valence-electron chi connectivity index (χ0n) is 13.5. The average molecular weight is 396 g/mol. The van der Waals surface area contributed by atoms with E-state index in [4.69, 9.17) is 37.4 Å². The van der Waals surface area contributed by atoms with Crippen molar-refractivity contribution in [3.05, 3.63) is 58.1 Å². The lowest BCUT2D eigenvalue weighted by Gasteiger charge is -2.26. The van der Waals surface area contributed by atoms with Crippen LogP contribution < -0.4 is 14.8 Å². The first-order valence-corrected chi connectivity index (χ1v) is 8.55. The van der Waals surface area contributed by atoms with Crippen LogP contribution in [-0.4, -0.2) is 37.7 Å². The molecule has 0 fully saturated rings. The Morgan fingerprint density at radius 1 is 1.12 bits per heavy atom. The van der Waals surface area contributed by atoms with Crippen LogP contribution in [0.3, 0.4) is 0 Å². The highest BCUT2D eigenvalue weighted by Gasteiger charge is 2.21. The number of esters is 1. The van der Waals surface area contributed by atoms with Crippen molar-refractivity contribution in [3.8, 4) is 11.5 Å². The number of hydrogen-bond acceptors (Lipinski definition) is 5. The molecule has 3 rings (SSSR count). The predicted octanol–water partition coefficient (Wildman–Crippen LogP) is 3.11. The van der Waals surface area contributed by atoms with Crippen LogP contribution in [0.15, 0.2) is 42.5 Å². The second-order valence-corrected chi connectivity index (χ2v) is 6.41. The van der Waals surface area contributed by atoms with Gasteiger partial charge in [0.1, 0.15) is 12.7 Å². The van der Waals surface area contributed by atoms with Gasteiger partial charge in [-0.2, -0.15) is 0 Å². The Balaban J connectivity index is 1.44. The average Bonchev–Trinajstić information content (AvgIpc) is 2.63. The van der Waals surface area contributed by atoms with Crippen LogP contribution in [0.1, 0.15) is 10.4 Å². The second kappa shape index (κ2) is 8.29. The molecular weight excluding hydrogens is 381 g/mol. The highest BCUT2D eigenvalue weighted by Crippen LogP contribution is 2.30. The first-order chi connectivity index (χ1) is 12.5. The number of nitrogens with one attached hydrogen (secondary N) is 1. The third kappa shape index (κ3) is 4.80. The quantitative estimate of drug-likeness (QED) is 0.787. The Hall–Kier alpha value is -2.44. The molecule has 0 saturated heterocycles. The number of benzene rings is 2. The van der Waals surface area contributed by atoms with Gasteiger partial charge in [-0.15, -0.1) is 0 Å². The van der Waals surface area contributed by atoms with E-state index in [9.17, 15) is 9.59 Å². The number of carbonyl (C=O) groups is 2. The van der Waals surface area contributed by atoms with Crippen LogP contribution in [0.25, 0.3) is 0 Å². The third-order valence-electron chi connectivity index (χ3n) is 3.53. The van der Waals surface area contributed by atoms with Crippen molar-refractivity contribution in [3.63, 3.8) is 0 Å². The minimum absolute atomic E-state index is 0.177. The van der Waals surface area contributed by atoms with Gasteiger partial charge in [0.15, 0.2) is 18.1 Å². The largest absolute Gasteiger partial charge is 0.486 e. The van der Waals surface area contributed by atoms with E-state index < -0.39 is 18.5 Å². The number of amides is 1. The summed E-state index contributed by atoms with van der Waals surface area (Å²) < 4.78 is 16.2. The smallest absolute Gasteiger partial charge is 0.338 e. The number of carbonyl (C=O) groups excluding carboxylic acids is 2. The molecule has 26 heavy (non-hydrogen) atoms. The standard InChI is InChI=1S/C18H15Cl2NO5/c19-12-5-11(6-13(20)7-12)18(23)25-10-17(22)21-8-14-9-24-15-3-1-2-4-16(15)26-14/h1-7,14H,8-10H2,(H,21,22)/t14-/m0/s1. The molecule has 2 aromatic rings. The van der Waals surface area contributed by atoms with E-state index in [1.807, 2.05) is 18.2 Å². The highest BCUT2D eigenvalue weighted by atomic mass is 35.5. The van der Waals surface area contributed by atoms with Crippen LogP contribution in [-0.2, 0) is 9.53 Å². The van der Waals surface area contributed by atoms with Crippen LogP contribution in [0, 0.1) is 0 Å². The molecule has 0 bridgehead atoms. The summed E-state index contributed by atoms with van der Waals surface area (Å²) in [6.45, 7) is 0.124. The molecule has 0 spiro atoms. The third-order valence-corrected chi connectivity index (χ3v) is 3.96. The van der Waals surface area contributed by atoms with Gasteiger partial charge in [-0.3, -0.25) is 4.79 Å². The van der Waals surface area contributed by atoms with E-state index in [-0.39, 0.29) is 18.2 Å². The molecule has 0 aromatic heterocycles. The van der Waals surface area contributed by atoms with Crippen LogP contribution >= 0.6 is 23.2 Å². The summed E-state index contributed by atoms with van der Waals surface area (Å²) in [6, 6.07) is 11.6. The minimum Gasteiger partial charge on any atom is -0.486 e. The van der Waals surface area contributed by atoms with E-state index in [2.05, 4.69) is 5.32 Å². The highest BCUT2D eigenvalue weighted by molar-refractivity contribution is 6.35. The molecule has 2 aromatic carbocycles. The van der Waals surface area contributed by atoms with Crippen LogP contribution in [0.4, 0.5) is 0 Å². The van der Waals surface area contributed by atoms with Gasteiger partial charge in [-0.1, -0.05) is 35.3 Å². The lowest BCUT2D eigenvalue weighted by Crippen LogP contribution is -2.42. The monoisotopic (exact) mass is 395 g/mol. The number of para-hydroxylation sites is 2. The van der Waals surface area contributed by atoms with E-state index in [0.717, 1.165) is 0 Å². The minimum atomic E-state index is -0.685. The summed E-state index contributed by atoms with van der Waals surface area (Å²) in [4.78, 5) is 23.8. The summed E-state index contributed by atoms with van der Waals surface area (Å²) in [5.41, 5.74) is 0.177. The van der Waals surface area contributed by atoms with Crippen molar-refractivity contribution in [1.82, 2.24) is 5.32 Å². The van der Waals surface area contributed by atoms with Gasteiger partial charge in [-0.25, -0.2) is 4.79 Å². The molecule has 0 aliphatic carbocycles. The summed E-state index contributed by atoms with van der Waals surface area (Å²) in [5.74, 6) is 0.163. The fourth-order valence-electron chi connectivity index (χ4n) is 2.33. The van der Waals surface area contributed by atoms with Crippen LogP contribution in [0.2, 0.25) is 10.0 Å². The number of fused-ring (bicyclic) bond motifs is 1. The molecule has 1 aliphatic heterocycles. The van der Waals surface area contributed by atoms with Crippen molar-refractivity contribution < 1.29 is 23.8 Å². The Morgan fingerprint density at radius 3 is 2.54 bits per heavy atom. The summed E-state index contributed by atoms with van der Waals surface area (Å²) in [6.07, 6.45) is -0.323. The molecule has 1 heterocycles. The van der Waals surface area contributed by atoms with Gasteiger partial charge in [0, 0.05) is 10.0 Å². The molecule has 1 N–H and O–H groups in total. The second-order valence-electron chi connectivity index (χ2n) is 5.54. The summed E-state index contributed by atoms with van der Waals surface area (Å²) in [7, 11) is 0. The maximum atomic E-state index is 11.9.